The maximum Gasteiger partial charge on any atom is 0.223 e. The molecule has 1 aromatic rings. The van der Waals surface area contributed by atoms with Crippen LogP contribution < -0.4 is 16.0 Å². The van der Waals surface area contributed by atoms with Crippen LogP contribution in [0.1, 0.15) is 23.5 Å². The smallest absolute Gasteiger partial charge is 0.223 e. The number of nitrogens with zero attached hydrogens (tertiary/aromatic N) is 2. The zero-order valence-electron chi connectivity index (χ0n) is 12.6. The molecule has 0 saturated heterocycles. The van der Waals surface area contributed by atoms with E-state index in [0.29, 0.717) is 13.1 Å². The number of aliphatic imine (C=N–C) groups is 1. The van der Waals surface area contributed by atoms with Gasteiger partial charge in [-0.05, 0) is 19.8 Å². The Morgan fingerprint density at radius 1 is 1.33 bits per heavy atom. The highest BCUT2D eigenvalue weighted by molar-refractivity contribution is 7.09. The predicted octanol–water partition coefficient (Wildman–Crippen LogP) is 0.685. The van der Waals surface area contributed by atoms with E-state index >= 15 is 0 Å². The van der Waals surface area contributed by atoms with Crippen LogP contribution in [0.2, 0.25) is 0 Å². The molecule has 1 amide bonds. The highest BCUT2D eigenvalue weighted by Crippen LogP contribution is 2.28. The second-order valence-electron chi connectivity index (χ2n) is 5.10. The predicted molar refractivity (Wildman–Crippen MR) is 85.7 cm³/mol. The van der Waals surface area contributed by atoms with E-state index in [-0.39, 0.29) is 11.8 Å². The molecule has 1 aliphatic carbocycles. The summed E-state index contributed by atoms with van der Waals surface area (Å²) in [5.41, 5.74) is 1.11. The molecule has 0 aromatic carbocycles. The van der Waals surface area contributed by atoms with Crippen LogP contribution in [-0.2, 0) is 11.2 Å². The summed E-state index contributed by atoms with van der Waals surface area (Å²) < 4.78 is 0. The van der Waals surface area contributed by atoms with Crippen molar-refractivity contribution in [3.8, 4) is 0 Å². The molecule has 2 rings (SSSR count). The Morgan fingerprint density at radius 2 is 2.05 bits per heavy atom. The van der Waals surface area contributed by atoms with Crippen molar-refractivity contribution < 1.29 is 4.79 Å². The van der Waals surface area contributed by atoms with Crippen LogP contribution >= 0.6 is 11.3 Å². The summed E-state index contributed by atoms with van der Waals surface area (Å²) in [4.78, 5) is 20.0. The number of guanidine groups is 1. The molecule has 0 radical (unpaired) electrons. The molecule has 0 bridgehead atoms. The van der Waals surface area contributed by atoms with Gasteiger partial charge in [-0.15, -0.1) is 11.3 Å². The van der Waals surface area contributed by atoms with Crippen LogP contribution in [0.4, 0.5) is 0 Å². The lowest BCUT2D eigenvalue weighted by Gasteiger charge is -2.11. The van der Waals surface area contributed by atoms with Gasteiger partial charge in [-0.25, -0.2) is 4.98 Å². The molecular formula is C14H23N5OS. The summed E-state index contributed by atoms with van der Waals surface area (Å²) in [7, 11) is 1.74. The summed E-state index contributed by atoms with van der Waals surface area (Å²) in [5.74, 6) is 1.20. The number of rotatable bonds is 7. The minimum atomic E-state index is 0.179. The Kier molecular flexibility index (Phi) is 5.98. The zero-order valence-corrected chi connectivity index (χ0v) is 13.4. The van der Waals surface area contributed by atoms with E-state index < -0.39 is 0 Å². The Balaban J connectivity index is 1.56. The van der Waals surface area contributed by atoms with Gasteiger partial charge in [-0.1, -0.05) is 0 Å². The number of amides is 1. The Labute approximate surface area is 129 Å². The van der Waals surface area contributed by atoms with Crippen LogP contribution in [0, 0.1) is 12.8 Å². The van der Waals surface area contributed by atoms with Gasteiger partial charge >= 0.3 is 0 Å². The normalized spacial score (nSPS) is 14.9. The average molecular weight is 309 g/mol. The third-order valence-corrected chi connectivity index (χ3v) is 4.05. The average Bonchev–Trinajstić information content (AvgIpc) is 3.25. The van der Waals surface area contributed by atoms with Crippen LogP contribution in [0.25, 0.3) is 0 Å². The number of aryl methyl sites for hydroxylation is 1. The van der Waals surface area contributed by atoms with Gasteiger partial charge in [0.25, 0.3) is 0 Å². The molecule has 0 atom stereocenters. The molecule has 7 heteroatoms. The first kappa shape index (κ1) is 15.8. The lowest BCUT2D eigenvalue weighted by Crippen LogP contribution is -2.42. The molecule has 1 aromatic heterocycles. The first-order valence-corrected chi connectivity index (χ1v) is 8.20. The van der Waals surface area contributed by atoms with E-state index in [1.54, 1.807) is 18.4 Å². The lowest BCUT2D eigenvalue weighted by atomic mass is 10.3. The number of aromatic nitrogens is 1. The topological polar surface area (TPSA) is 78.4 Å². The van der Waals surface area contributed by atoms with Crippen molar-refractivity contribution in [2.24, 2.45) is 10.9 Å². The fraction of sp³-hybridized carbons (Fsp3) is 0.643. The second kappa shape index (κ2) is 7.97. The van der Waals surface area contributed by atoms with E-state index in [4.69, 9.17) is 0 Å². The summed E-state index contributed by atoms with van der Waals surface area (Å²) in [6, 6.07) is 0. The Morgan fingerprint density at radius 3 is 2.67 bits per heavy atom. The first-order chi connectivity index (χ1) is 10.2. The SMILES string of the molecule is CN=C(NCCNC(=O)C1CC1)NCCc1csc(C)n1. The molecule has 6 nitrogen and oxygen atoms in total. The third-order valence-electron chi connectivity index (χ3n) is 3.23. The van der Waals surface area contributed by atoms with Crippen molar-refractivity contribution in [1.29, 1.82) is 0 Å². The highest BCUT2D eigenvalue weighted by Gasteiger charge is 2.28. The monoisotopic (exact) mass is 309 g/mol. The number of carbonyl (C=O) groups is 1. The maximum atomic E-state index is 11.5. The standard InChI is InChI=1S/C14H23N5OS/c1-10-19-12(9-21-10)5-6-17-14(15-2)18-8-7-16-13(20)11-3-4-11/h9,11H,3-8H2,1-2H3,(H,16,20)(H2,15,17,18). The number of nitrogens with one attached hydrogen (secondary N) is 3. The largest absolute Gasteiger partial charge is 0.356 e. The minimum absolute atomic E-state index is 0.179. The van der Waals surface area contributed by atoms with Gasteiger partial charge in [0.2, 0.25) is 5.91 Å². The van der Waals surface area contributed by atoms with Crippen molar-refractivity contribution in [3.63, 3.8) is 0 Å². The van der Waals surface area contributed by atoms with Gasteiger partial charge < -0.3 is 16.0 Å². The van der Waals surface area contributed by atoms with Gasteiger partial charge in [-0.2, -0.15) is 0 Å². The van der Waals surface area contributed by atoms with Crippen molar-refractivity contribution >= 4 is 23.2 Å². The van der Waals surface area contributed by atoms with Crippen molar-refractivity contribution in [2.45, 2.75) is 26.2 Å². The fourth-order valence-electron chi connectivity index (χ4n) is 1.91. The first-order valence-electron chi connectivity index (χ1n) is 7.32. The number of hydrogen-bond donors (Lipinski definition) is 3. The molecule has 1 fully saturated rings. The van der Waals surface area contributed by atoms with Gasteiger partial charge in [0.1, 0.15) is 0 Å². The quantitative estimate of drug-likeness (QED) is 0.393. The Hall–Kier alpha value is -1.63. The molecule has 116 valence electrons. The van der Waals surface area contributed by atoms with Gasteiger partial charge in [0.15, 0.2) is 5.96 Å². The molecule has 1 saturated carbocycles. The molecule has 1 aliphatic rings. The highest BCUT2D eigenvalue weighted by atomic mass is 32.1. The third kappa shape index (κ3) is 5.71. The second-order valence-corrected chi connectivity index (χ2v) is 6.16. The Bertz CT molecular complexity index is 495. The molecule has 3 N–H and O–H groups in total. The number of carbonyl (C=O) groups excluding carboxylic acids is 1. The maximum absolute atomic E-state index is 11.5. The molecule has 0 unspecified atom stereocenters. The molecule has 1 heterocycles. The van der Waals surface area contributed by atoms with Gasteiger partial charge in [-0.3, -0.25) is 9.79 Å². The molecule has 21 heavy (non-hydrogen) atoms. The van der Waals surface area contributed by atoms with E-state index in [0.717, 1.165) is 42.5 Å². The number of hydrogen-bond acceptors (Lipinski definition) is 4. The summed E-state index contributed by atoms with van der Waals surface area (Å²) >= 11 is 1.67. The molecule has 0 aliphatic heterocycles. The van der Waals surface area contributed by atoms with Crippen LogP contribution in [0.15, 0.2) is 10.4 Å². The van der Waals surface area contributed by atoms with Gasteiger partial charge in [0.05, 0.1) is 10.7 Å². The summed E-state index contributed by atoms with van der Waals surface area (Å²) in [6.45, 7) is 4.10. The van der Waals surface area contributed by atoms with Crippen molar-refractivity contribution in [1.82, 2.24) is 20.9 Å². The zero-order chi connectivity index (χ0) is 15.1. The number of thiazole rings is 1. The lowest BCUT2D eigenvalue weighted by molar-refractivity contribution is -0.122. The fourth-order valence-corrected chi connectivity index (χ4v) is 2.56. The van der Waals surface area contributed by atoms with E-state index in [2.05, 4.69) is 31.3 Å². The minimum Gasteiger partial charge on any atom is -0.356 e. The van der Waals surface area contributed by atoms with E-state index in [9.17, 15) is 4.79 Å². The van der Waals surface area contributed by atoms with Crippen LogP contribution in [-0.4, -0.2) is 43.5 Å². The summed E-state index contributed by atoms with van der Waals surface area (Å²) in [6.07, 6.45) is 2.96. The van der Waals surface area contributed by atoms with Crippen LogP contribution in [0.3, 0.4) is 0 Å². The van der Waals surface area contributed by atoms with Gasteiger partial charge in [0, 0.05) is 44.4 Å². The van der Waals surface area contributed by atoms with E-state index in [1.165, 1.54) is 0 Å². The van der Waals surface area contributed by atoms with Crippen LogP contribution in [0.5, 0.6) is 0 Å². The summed E-state index contributed by atoms with van der Waals surface area (Å²) in [5, 5.41) is 12.5. The van der Waals surface area contributed by atoms with Crippen molar-refractivity contribution in [3.05, 3.63) is 16.1 Å². The molecular weight excluding hydrogens is 286 g/mol. The van der Waals surface area contributed by atoms with E-state index in [1.807, 2.05) is 6.92 Å². The molecule has 0 spiro atoms. The van der Waals surface area contributed by atoms with Crippen molar-refractivity contribution in [2.75, 3.05) is 26.7 Å².